The van der Waals surface area contributed by atoms with Gasteiger partial charge in [0.2, 0.25) is 0 Å². The van der Waals surface area contributed by atoms with E-state index >= 15 is 0 Å². The van der Waals surface area contributed by atoms with Gasteiger partial charge < -0.3 is 10.6 Å². The Labute approximate surface area is 126 Å². The Morgan fingerprint density at radius 2 is 1.95 bits per heavy atom. The molecule has 0 aliphatic rings. The minimum absolute atomic E-state index is 0.156. The summed E-state index contributed by atoms with van der Waals surface area (Å²) in [5.74, 6) is 0.247. The van der Waals surface area contributed by atoms with E-state index in [1.807, 2.05) is 6.92 Å². The van der Waals surface area contributed by atoms with Crippen LogP contribution in [0.5, 0.6) is 0 Å². The van der Waals surface area contributed by atoms with E-state index in [1.165, 1.54) is 18.3 Å². The van der Waals surface area contributed by atoms with Crippen LogP contribution in [0.4, 0.5) is 18.9 Å². The third-order valence-electron chi connectivity index (χ3n) is 2.92. The highest BCUT2D eigenvalue weighted by Crippen LogP contribution is 2.35. The normalized spacial score (nSPS) is 11.1. The van der Waals surface area contributed by atoms with Crippen LogP contribution in [0.3, 0.4) is 0 Å². The first kappa shape index (κ1) is 15.8. The van der Waals surface area contributed by atoms with Gasteiger partial charge in [-0.15, -0.1) is 0 Å². The number of hydrogen-bond acceptors (Lipinski definition) is 4. The molecule has 0 bridgehead atoms. The fourth-order valence-electron chi connectivity index (χ4n) is 1.86. The monoisotopic (exact) mass is 308 g/mol. The predicted octanol–water partition coefficient (Wildman–Crippen LogP) is 3.57. The van der Waals surface area contributed by atoms with Crippen molar-refractivity contribution in [3.8, 4) is 11.3 Å². The number of nitrogens with one attached hydrogen (secondary N) is 2. The molecule has 0 spiro atoms. The zero-order chi connectivity index (χ0) is 16.3. The predicted molar refractivity (Wildman–Crippen MR) is 79.0 cm³/mol. The van der Waals surface area contributed by atoms with Gasteiger partial charge >= 0.3 is 6.18 Å². The molecule has 0 aromatic carbocycles. The van der Waals surface area contributed by atoms with Gasteiger partial charge in [0, 0.05) is 25.0 Å². The number of aromatic nitrogens is 2. The molecule has 2 aromatic rings. The van der Waals surface area contributed by atoms with Crippen molar-refractivity contribution in [1.29, 1.82) is 0 Å². The lowest BCUT2D eigenvalue weighted by atomic mass is 10.1. The molecule has 4 nitrogen and oxygen atoms in total. The van der Waals surface area contributed by atoms with E-state index in [9.17, 15) is 13.2 Å². The number of anilines is 1. The molecule has 0 saturated heterocycles. The number of halogens is 3. The summed E-state index contributed by atoms with van der Waals surface area (Å²) in [5, 5.41) is 5.19. The summed E-state index contributed by atoms with van der Waals surface area (Å²) in [4.78, 5) is 7.72. The van der Waals surface area contributed by atoms with Gasteiger partial charge in [0.05, 0.1) is 17.2 Å². The Kier molecular flexibility index (Phi) is 4.35. The highest BCUT2D eigenvalue weighted by atomic mass is 19.4. The molecule has 22 heavy (non-hydrogen) atoms. The van der Waals surface area contributed by atoms with Crippen molar-refractivity contribution in [1.82, 2.24) is 15.3 Å². The summed E-state index contributed by atoms with van der Waals surface area (Å²) in [5.41, 5.74) is 0.436. The second-order valence-electron chi connectivity index (χ2n) is 4.69. The molecule has 2 aromatic heterocycles. The van der Waals surface area contributed by atoms with Gasteiger partial charge in [-0.25, -0.2) is 4.98 Å². The van der Waals surface area contributed by atoms with Crippen LogP contribution in [0.1, 0.15) is 11.3 Å². The average molecular weight is 308 g/mol. The molecule has 2 N–H and O–H groups in total. The van der Waals surface area contributed by atoms with E-state index in [-0.39, 0.29) is 17.2 Å². The lowest BCUT2D eigenvalue weighted by Gasteiger charge is -2.16. The average Bonchev–Trinajstić information content (AvgIpc) is 2.46. The van der Waals surface area contributed by atoms with Crippen molar-refractivity contribution in [3.63, 3.8) is 0 Å². The summed E-state index contributed by atoms with van der Waals surface area (Å²) in [6.45, 7) is 5.37. The van der Waals surface area contributed by atoms with Crippen molar-refractivity contribution in [2.24, 2.45) is 0 Å². The van der Waals surface area contributed by atoms with Gasteiger partial charge in [0.15, 0.2) is 5.69 Å². The molecule has 0 radical (unpaired) electrons. The topological polar surface area (TPSA) is 49.8 Å². The van der Waals surface area contributed by atoms with E-state index in [0.717, 1.165) is 5.56 Å². The Morgan fingerprint density at radius 3 is 2.55 bits per heavy atom. The zero-order valence-electron chi connectivity index (χ0n) is 12.1. The highest BCUT2D eigenvalue weighted by Gasteiger charge is 2.36. The van der Waals surface area contributed by atoms with Crippen LogP contribution in [-0.2, 0) is 6.18 Å². The van der Waals surface area contributed by atoms with E-state index in [4.69, 9.17) is 0 Å². The molecule has 2 heterocycles. The maximum absolute atomic E-state index is 13.2. The van der Waals surface area contributed by atoms with E-state index in [2.05, 4.69) is 27.2 Å². The van der Waals surface area contributed by atoms with Crippen LogP contribution in [0, 0.1) is 6.92 Å². The van der Waals surface area contributed by atoms with E-state index in [0.29, 0.717) is 5.56 Å². The van der Waals surface area contributed by atoms with Crippen LogP contribution in [0.15, 0.2) is 43.0 Å². The lowest BCUT2D eigenvalue weighted by molar-refractivity contribution is -0.140. The highest BCUT2D eigenvalue weighted by molar-refractivity contribution is 5.64. The van der Waals surface area contributed by atoms with Gasteiger partial charge in [0.1, 0.15) is 0 Å². The number of rotatable bonds is 4. The largest absolute Gasteiger partial charge is 0.435 e. The van der Waals surface area contributed by atoms with Crippen LogP contribution in [-0.4, -0.2) is 17.0 Å². The smallest absolute Gasteiger partial charge is 0.375 e. The molecule has 0 saturated carbocycles. The molecule has 0 atom stereocenters. The first-order valence-electron chi connectivity index (χ1n) is 6.45. The van der Waals surface area contributed by atoms with Gasteiger partial charge in [-0.2, -0.15) is 13.2 Å². The fourth-order valence-corrected chi connectivity index (χ4v) is 1.86. The van der Waals surface area contributed by atoms with E-state index < -0.39 is 11.9 Å². The van der Waals surface area contributed by atoms with Crippen molar-refractivity contribution in [2.75, 3.05) is 12.4 Å². The van der Waals surface area contributed by atoms with Gasteiger partial charge in [-0.05, 0) is 30.7 Å². The Bertz CT molecular complexity index is 695. The summed E-state index contributed by atoms with van der Waals surface area (Å²) < 4.78 is 39.6. The maximum Gasteiger partial charge on any atom is 0.435 e. The summed E-state index contributed by atoms with van der Waals surface area (Å²) in [7, 11) is 1.56. The molecule has 0 aliphatic heterocycles. The molecule has 7 heteroatoms. The van der Waals surface area contributed by atoms with Crippen LogP contribution < -0.4 is 10.6 Å². The number of hydrogen-bond donors (Lipinski definition) is 2. The van der Waals surface area contributed by atoms with Crippen LogP contribution >= 0.6 is 0 Å². The standard InChI is InChI=1S/C15H15F3N4/c1-9-6-11(8-20-7-9)12-4-5-13(21-10(2)19-3)14(22-12)15(16,17)18/h4-8,19,21H,2H2,1,3H3. The molecule has 0 unspecified atom stereocenters. The van der Waals surface area contributed by atoms with Crippen molar-refractivity contribution >= 4 is 5.69 Å². The van der Waals surface area contributed by atoms with Crippen molar-refractivity contribution in [2.45, 2.75) is 13.1 Å². The second kappa shape index (κ2) is 6.05. The molecule has 0 amide bonds. The minimum Gasteiger partial charge on any atom is -0.375 e. The minimum atomic E-state index is -4.58. The number of pyridine rings is 2. The Hall–Kier alpha value is -2.57. The van der Waals surface area contributed by atoms with Crippen molar-refractivity contribution in [3.05, 3.63) is 54.3 Å². The first-order chi connectivity index (χ1) is 10.3. The third-order valence-corrected chi connectivity index (χ3v) is 2.92. The van der Waals surface area contributed by atoms with Crippen molar-refractivity contribution < 1.29 is 13.2 Å². The molecule has 0 fully saturated rings. The van der Waals surface area contributed by atoms with Gasteiger partial charge in [-0.1, -0.05) is 6.58 Å². The Balaban J connectivity index is 2.50. The second-order valence-corrected chi connectivity index (χ2v) is 4.69. The van der Waals surface area contributed by atoms with Crippen LogP contribution in [0.2, 0.25) is 0 Å². The third kappa shape index (κ3) is 3.55. The number of nitrogens with zero attached hydrogens (tertiary/aromatic N) is 2. The fraction of sp³-hybridized carbons (Fsp3) is 0.200. The van der Waals surface area contributed by atoms with E-state index in [1.54, 1.807) is 19.3 Å². The van der Waals surface area contributed by atoms with Gasteiger partial charge in [-0.3, -0.25) is 4.98 Å². The molecule has 0 aliphatic carbocycles. The molecular formula is C15H15F3N4. The summed E-state index contributed by atoms with van der Waals surface area (Å²) in [6, 6.07) is 4.57. The summed E-state index contributed by atoms with van der Waals surface area (Å²) in [6.07, 6.45) is -1.47. The lowest BCUT2D eigenvalue weighted by Crippen LogP contribution is -2.18. The Morgan fingerprint density at radius 1 is 1.23 bits per heavy atom. The molecular weight excluding hydrogens is 293 g/mol. The SMILES string of the molecule is C=C(NC)Nc1ccc(-c2cncc(C)c2)nc1C(F)(F)F. The van der Waals surface area contributed by atoms with Gasteiger partial charge in [0.25, 0.3) is 0 Å². The maximum atomic E-state index is 13.2. The van der Waals surface area contributed by atoms with Crippen LogP contribution in [0.25, 0.3) is 11.3 Å². The molecule has 2 rings (SSSR count). The first-order valence-corrected chi connectivity index (χ1v) is 6.45. The molecule has 116 valence electrons. The quantitative estimate of drug-likeness (QED) is 0.906. The summed E-state index contributed by atoms with van der Waals surface area (Å²) >= 11 is 0. The number of alkyl halides is 3. The zero-order valence-corrected chi connectivity index (χ0v) is 12.1. The number of aryl methyl sites for hydroxylation is 1.